The van der Waals surface area contributed by atoms with Gasteiger partial charge in [-0.15, -0.1) is 0 Å². The van der Waals surface area contributed by atoms with Crippen LogP contribution in [0.25, 0.3) is 0 Å². The first-order chi connectivity index (χ1) is 30.2. The highest BCUT2D eigenvalue weighted by molar-refractivity contribution is 6.12. The highest BCUT2D eigenvalue weighted by atomic mass is 16.6. The lowest BCUT2D eigenvalue weighted by molar-refractivity contribution is -0.178. The summed E-state index contributed by atoms with van der Waals surface area (Å²) in [6.07, 6.45) is -1.89. The number of carbonyl (C=O) groups excluding carboxylic acids is 3. The number of anilines is 1. The van der Waals surface area contributed by atoms with Gasteiger partial charge < -0.3 is 25.6 Å². The van der Waals surface area contributed by atoms with E-state index in [1.165, 1.54) is 5.56 Å². The molecular formula is C52H46N4O6. The predicted molar refractivity (Wildman–Crippen MR) is 235 cm³/mol. The molecular weight excluding hydrogens is 777 g/mol. The molecule has 10 heteroatoms. The zero-order valence-electron chi connectivity index (χ0n) is 34.1. The zero-order valence-corrected chi connectivity index (χ0v) is 34.1. The van der Waals surface area contributed by atoms with Crippen molar-refractivity contribution in [2.24, 2.45) is 5.92 Å². The van der Waals surface area contributed by atoms with E-state index in [0.29, 0.717) is 41.0 Å². The van der Waals surface area contributed by atoms with Crippen LogP contribution in [0.5, 0.6) is 5.75 Å². The van der Waals surface area contributed by atoms with Gasteiger partial charge in [-0.05, 0) is 70.8 Å². The summed E-state index contributed by atoms with van der Waals surface area (Å²) in [5.41, 5.74) is 3.84. The van der Waals surface area contributed by atoms with Gasteiger partial charge in [0.25, 0.3) is 0 Å². The molecule has 2 saturated heterocycles. The molecule has 6 aromatic carbocycles. The van der Waals surface area contributed by atoms with E-state index in [1.807, 2.05) is 109 Å². The number of hydrogen-bond acceptors (Lipinski definition) is 8. The monoisotopic (exact) mass is 822 g/mol. The maximum absolute atomic E-state index is 15.4. The first kappa shape index (κ1) is 40.4. The van der Waals surface area contributed by atoms with E-state index in [0.717, 1.165) is 11.1 Å². The number of esters is 1. The Morgan fingerprint density at radius 3 is 2.11 bits per heavy atom. The third-order valence-electron chi connectivity index (χ3n) is 12.3. The van der Waals surface area contributed by atoms with Crippen molar-refractivity contribution in [1.29, 1.82) is 0 Å². The summed E-state index contributed by atoms with van der Waals surface area (Å²) in [5, 5.41) is 27.9. The number of fused-ring (bicyclic) bond motifs is 3. The maximum Gasteiger partial charge on any atom is 0.324 e. The zero-order chi connectivity index (χ0) is 42.8. The minimum absolute atomic E-state index is 0.0208. The third kappa shape index (κ3) is 7.41. The van der Waals surface area contributed by atoms with Crippen molar-refractivity contribution in [3.63, 3.8) is 0 Å². The molecule has 2 fully saturated rings. The van der Waals surface area contributed by atoms with Crippen LogP contribution in [0.15, 0.2) is 164 Å². The van der Waals surface area contributed by atoms with Crippen LogP contribution >= 0.6 is 0 Å². The number of phenolic OH excluding ortho intramolecular Hbond substituents is 1. The van der Waals surface area contributed by atoms with E-state index < -0.39 is 59.5 Å². The first-order valence-corrected chi connectivity index (χ1v) is 20.8. The Labute approximate surface area is 360 Å². The number of phenols is 1. The molecule has 4 N–H and O–H groups in total. The van der Waals surface area contributed by atoms with Gasteiger partial charge in [-0.1, -0.05) is 145 Å². The molecule has 9 rings (SSSR count). The van der Waals surface area contributed by atoms with E-state index in [4.69, 9.17) is 4.74 Å². The van der Waals surface area contributed by atoms with Crippen LogP contribution in [0.2, 0.25) is 0 Å². The molecule has 62 heavy (non-hydrogen) atoms. The van der Waals surface area contributed by atoms with E-state index >= 15 is 14.4 Å². The average molecular weight is 823 g/mol. The number of nitrogens with zero attached hydrogens (tertiary/aromatic N) is 2. The fraction of sp³-hybridized carbons (Fsp3) is 0.212. The Kier molecular flexibility index (Phi) is 11.2. The lowest BCUT2D eigenvalue weighted by Gasteiger charge is -2.46. The Morgan fingerprint density at radius 1 is 0.806 bits per heavy atom. The standard InChI is InChI=1S/C52H46N4O6/c1-55(33-35-15-6-2-7-16-35)30-14-17-34-24-29-42-41(31-34)52(51(61)54-42)44(49(59)53-32-43(58)36-18-8-3-9-19-36)46-50(60)62-47(38-22-12-5-13-23-38)45(37-20-10-4-11-21-37)56(46)48(52)39-25-27-40(57)28-26-39/h2-13,15-16,18-29,31,43-48,57-58H,30,32-33H2,1H3,(H,53,59)(H,54,61)/t43-,44-,45-,46-,47+,48+,52-/m0/s1. The van der Waals surface area contributed by atoms with Gasteiger partial charge in [-0.3, -0.25) is 24.2 Å². The summed E-state index contributed by atoms with van der Waals surface area (Å²) in [4.78, 5) is 49.8. The highest BCUT2D eigenvalue weighted by Crippen LogP contribution is 2.64. The van der Waals surface area contributed by atoms with Crippen molar-refractivity contribution in [2.75, 3.05) is 25.5 Å². The summed E-state index contributed by atoms with van der Waals surface area (Å²) < 4.78 is 6.49. The second-order valence-electron chi connectivity index (χ2n) is 16.2. The van der Waals surface area contributed by atoms with Crippen molar-refractivity contribution in [2.45, 2.75) is 42.3 Å². The molecule has 2 amide bonds. The number of ether oxygens (including phenoxy) is 1. The smallest absolute Gasteiger partial charge is 0.324 e. The lowest BCUT2D eigenvalue weighted by Crippen LogP contribution is -2.55. The molecule has 310 valence electrons. The normalized spacial score (nSPS) is 23.1. The largest absolute Gasteiger partial charge is 0.508 e. The van der Waals surface area contributed by atoms with Gasteiger partial charge in [0.2, 0.25) is 11.8 Å². The number of amides is 2. The number of morpholine rings is 1. The van der Waals surface area contributed by atoms with E-state index in [1.54, 1.807) is 54.6 Å². The number of nitrogens with one attached hydrogen (secondary N) is 2. The number of rotatable bonds is 10. The molecule has 0 aromatic heterocycles. The molecule has 0 aliphatic carbocycles. The fourth-order valence-corrected chi connectivity index (χ4v) is 9.66. The maximum atomic E-state index is 15.4. The number of aromatic hydroxyl groups is 1. The fourth-order valence-electron chi connectivity index (χ4n) is 9.66. The van der Waals surface area contributed by atoms with E-state index in [-0.39, 0.29) is 12.3 Å². The van der Waals surface area contributed by atoms with Crippen LogP contribution in [0.1, 0.15) is 63.2 Å². The SMILES string of the molecule is CN(CC#Cc1ccc2c(c1)[C@]1(C(=O)N2)[C@H](C(=O)NC[C@H](O)c2ccccc2)[C@H]2C(=O)O[C@H](c3ccccc3)[C@H](c3ccccc3)N2[C@@H]1c1ccc(O)cc1)Cc1ccccc1. The number of benzene rings is 6. The van der Waals surface area contributed by atoms with Crippen LogP contribution in [-0.2, 0) is 31.1 Å². The summed E-state index contributed by atoms with van der Waals surface area (Å²) in [6, 6.07) is 47.5. The van der Waals surface area contributed by atoms with Gasteiger partial charge >= 0.3 is 5.97 Å². The minimum Gasteiger partial charge on any atom is -0.508 e. The highest BCUT2D eigenvalue weighted by Gasteiger charge is 2.74. The summed E-state index contributed by atoms with van der Waals surface area (Å²) in [5.74, 6) is 3.54. The van der Waals surface area contributed by atoms with Gasteiger partial charge in [-0.2, -0.15) is 0 Å². The molecule has 3 aliphatic heterocycles. The summed E-state index contributed by atoms with van der Waals surface area (Å²) in [6.45, 7) is 1.01. The molecule has 7 atom stereocenters. The predicted octanol–water partition coefficient (Wildman–Crippen LogP) is 7.00. The van der Waals surface area contributed by atoms with Gasteiger partial charge in [0.15, 0.2) is 0 Å². The topological polar surface area (TPSA) is 131 Å². The lowest BCUT2D eigenvalue weighted by atomic mass is 9.65. The second-order valence-corrected chi connectivity index (χ2v) is 16.2. The molecule has 3 aliphatic rings. The first-order valence-electron chi connectivity index (χ1n) is 20.8. The van der Waals surface area contributed by atoms with Crippen molar-refractivity contribution in [1.82, 2.24) is 15.1 Å². The van der Waals surface area contributed by atoms with Gasteiger partial charge in [0.05, 0.1) is 30.7 Å². The molecule has 10 nitrogen and oxygen atoms in total. The number of hydrogen-bond donors (Lipinski definition) is 4. The Balaban J connectivity index is 1.22. The summed E-state index contributed by atoms with van der Waals surface area (Å²) >= 11 is 0. The Bertz CT molecular complexity index is 2630. The average Bonchev–Trinajstić information content (AvgIpc) is 3.78. The van der Waals surface area contributed by atoms with Crippen molar-refractivity contribution >= 4 is 23.5 Å². The van der Waals surface area contributed by atoms with Crippen LogP contribution in [0.3, 0.4) is 0 Å². The van der Waals surface area contributed by atoms with Crippen LogP contribution in [0.4, 0.5) is 5.69 Å². The molecule has 1 spiro atoms. The summed E-state index contributed by atoms with van der Waals surface area (Å²) in [7, 11) is 2.00. The quantitative estimate of drug-likeness (QED) is 0.0860. The van der Waals surface area contributed by atoms with Crippen LogP contribution < -0.4 is 10.6 Å². The molecule has 0 unspecified atom stereocenters. The van der Waals surface area contributed by atoms with Crippen molar-refractivity contribution < 1.29 is 29.3 Å². The van der Waals surface area contributed by atoms with Gasteiger partial charge in [-0.25, -0.2) is 0 Å². The van der Waals surface area contributed by atoms with Crippen molar-refractivity contribution in [3.05, 3.63) is 203 Å². The molecule has 0 radical (unpaired) electrons. The Morgan fingerprint density at radius 2 is 1.44 bits per heavy atom. The second kappa shape index (κ2) is 17.1. The van der Waals surface area contributed by atoms with Gasteiger partial charge in [0, 0.05) is 24.3 Å². The molecule has 3 heterocycles. The van der Waals surface area contributed by atoms with E-state index in [2.05, 4.69) is 39.5 Å². The minimum atomic E-state index is -1.74. The Hall–Kier alpha value is -7.03. The van der Waals surface area contributed by atoms with Gasteiger partial charge in [0.1, 0.15) is 23.3 Å². The number of aliphatic hydroxyl groups is 1. The van der Waals surface area contributed by atoms with E-state index in [9.17, 15) is 10.2 Å². The van der Waals surface area contributed by atoms with Crippen LogP contribution in [-0.4, -0.2) is 64.0 Å². The third-order valence-corrected chi connectivity index (χ3v) is 12.3. The number of aliphatic hydroxyl groups excluding tert-OH is 1. The molecule has 6 aromatic rings. The molecule has 0 bridgehead atoms. The van der Waals surface area contributed by atoms with Crippen LogP contribution in [0, 0.1) is 17.8 Å². The number of cyclic esters (lactones) is 1. The molecule has 0 saturated carbocycles. The van der Waals surface area contributed by atoms with Crippen molar-refractivity contribution in [3.8, 4) is 17.6 Å². The number of carbonyl (C=O) groups is 3.